The summed E-state index contributed by atoms with van der Waals surface area (Å²) < 4.78 is 2.29. The van der Waals surface area contributed by atoms with E-state index in [4.69, 9.17) is 12.2 Å². The predicted octanol–water partition coefficient (Wildman–Crippen LogP) is 5.85. The number of amides is 1. The second-order valence-corrected chi connectivity index (χ2v) is 11.3. The molecule has 0 atom stereocenters. The van der Waals surface area contributed by atoms with Gasteiger partial charge in [-0.3, -0.25) is 19.1 Å². The predicted molar refractivity (Wildman–Crippen MR) is 150 cm³/mol. The van der Waals surface area contributed by atoms with Crippen LogP contribution in [-0.2, 0) is 11.3 Å². The van der Waals surface area contributed by atoms with Crippen LogP contribution >= 0.6 is 24.0 Å². The van der Waals surface area contributed by atoms with Crippen molar-refractivity contribution in [2.24, 2.45) is 5.92 Å². The molecule has 3 heterocycles. The van der Waals surface area contributed by atoms with Crippen molar-refractivity contribution < 1.29 is 4.79 Å². The van der Waals surface area contributed by atoms with Gasteiger partial charge in [0.15, 0.2) is 0 Å². The monoisotopic (exact) mass is 514 g/mol. The molecular formula is C27H38N4O2S2. The van der Waals surface area contributed by atoms with Crippen LogP contribution in [0.3, 0.4) is 0 Å². The summed E-state index contributed by atoms with van der Waals surface area (Å²) in [5, 5.41) is 9.75. The third-order valence-corrected chi connectivity index (χ3v) is 8.51. The first-order chi connectivity index (χ1) is 16.8. The average Bonchev–Trinajstić information content (AvgIpc) is 3.11. The summed E-state index contributed by atoms with van der Waals surface area (Å²) in [7, 11) is 0. The summed E-state index contributed by atoms with van der Waals surface area (Å²) in [5.74, 6) is 1.40. The summed E-state index contributed by atoms with van der Waals surface area (Å²) in [6.07, 6.45) is 10.9. The summed E-state index contributed by atoms with van der Waals surface area (Å²) in [6, 6.07) is 2.11. The molecule has 0 unspecified atom stereocenters. The molecule has 2 aliphatic heterocycles. The Morgan fingerprint density at radius 3 is 2.40 bits per heavy atom. The molecule has 0 spiro atoms. The van der Waals surface area contributed by atoms with E-state index in [9.17, 15) is 14.9 Å². The van der Waals surface area contributed by atoms with E-state index in [-0.39, 0.29) is 17.0 Å². The molecule has 35 heavy (non-hydrogen) atoms. The van der Waals surface area contributed by atoms with Gasteiger partial charge in [0.05, 0.1) is 4.91 Å². The molecule has 1 amide bonds. The summed E-state index contributed by atoms with van der Waals surface area (Å²) in [5.41, 5.74) is 1.32. The van der Waals surface area contributed by atoms with E-state index in [0.717, 1.165) is 50.2 Å². The highest BCUT2D eigenvalue weighted by Gasteiger charge is 2.33. The minimum absolute atomic E-state index is 0.0704. The van der Waals surface area contributed by atoms with Gasteiger partial charge >= 0.3 is 0 Å². The van der Waals surface area contributed by atoms with Crippen molar-refractivity contribution >= 4 is 46.1 Å². The maximum atomic E-state index is 13.3. The van der Waals surface area contributed by atoms with Gasteiger partial charge in [0.25, 0.3) is 11.5 Å². The van der Waals surface area contributed by atoms with Crippen molar-refractivity contribution in [3.8, 4) is 6.07 Å². The molecule has 1 aromatic heterocycles. The van der Waals surface area contributed by atoms with Crippen molar-refractivity contribution in [1.82, 2.24) is 9.47 Å². The number of thiocarbonyl (C=S) groups is 1. The molecule has 0 aromatic carbocycles. The Morgan fingerprint density at radius 2 is 1.77 bits per heavy atom. The van der Waals surface area contributed by atoms with Crippen molar-refractivity contribution in [1.29, 1.82) is 5.26 Å². The molecule has 2 aliphatic rings. The molecule has 0 N–H and O–H groups in total. The molecular weight excluding hydrogens is 476 g/mol. The number of aromatic nitrogens is 1. The first kappa shape index (κ1) is 27.5. The zero-order valence-corrected chi connectivity index (χ0v) is 23.2. The smallest absolute Gasteiger partial charge is 0.270 e. The largest absolute Gasteiger partial charge is 0.357 e. The minimum atomic E-state index is -0.256. The lowest BCUT2D eigenvalue weighted by Gasteiger charge is -2.35. The fourth-order valence-electron chi connectivity index (χ4n) is 4.87. The SMILES string of the molecule is CCCCCCCCN1C(=O)C(=Cc2c(C)c(C#N)c(=O)n(CC)c2N2CCC(C)CC2)SC1=S. The topological polar surface area (TPSA) is 69.3 Å². The second kappa shape index (κ2) is 12.7. The number of hydrogen-bond acceptors (Lipinski definition) is 6. The van der Waals surface area contributed by atoms with E-state index in [0.29, 0.717) is 33.8 Å². The Bertz CT molecular complexity index is 1080. The first-order valence-corrected chi connectivity index (χ1v) is 14.2. The van der Waals surface area contributed by atoms with Crippen LogP contribution < -0.4 is 10.5 Å². The van der Waals surface area contributed by atoms with Crippen molar-refractivity contribution in [3.63, 3.8) is 0 Å². The number of rotatable bonds is 10. The van der Waals surface area contributed by atoms with Gasteiger partial charge in [-0.15, -0.1) is 0 Å². The lowest BCUT2D eigenvalue weighted by Crippen LogP contribution is -2.39. The number of carbonyl (C=O) groups is 1. The molecule has 0 radical (unpaired) electrons. The highest BCUT2D eigenvalue weighted by molar-refractivity contribution is 8.26. The number of thioether (sulfide) groups is 1. The van der Waals surface area contributed by atoms with Crippen LogP contribution in [0.15, 0.2) is 9.70 Å². The van der Waals surface area contributed by atoms with Crippen LogP contribution in [0.5, 0.6) is 0 Å². The molecule has 0 bridgehead atoms. The quantitative estimate of drug-likeness (QED) is 0.222. The molecule has 6 nitrogen and oxygen atoms in total. The fraction of sp³-hybridized carbons (Fsp3) is 0.630. The Morgan fingerprint density at radius 1 is 1.11 bits per heavy atom. The summed E-state index contributed by atoms with van der Waals surface area (Å²) >= 11 is 6.89. The van der Waals surface area contributed by atoms with Crippen LogP contribution in [0.2, 0.25) is 0 Å². The standard InChI is InChI=1S/C27H38N4O2S2/c1-5-7-8-9-10-11-14-31-26(33)23(35-27(31)34)17-21-20(4)22(18-28)25(32)30(6-2)24(21)29-15-12-19(3)13-16-29/h17,19H,5-16H2,1-4H3. The Kier molecular flexibility index (Phi) is 9.99. The van der Waals surface area contributed by atoms with Gasteiger partial charge in [-0.2, -0.15) is 5.26 Å². The molecule has 0 aliphatic carbocycles. The van der Waals surface area contributed by atoms with Crippen LogP contribution in [0.1, 0.15) is 88.8 Å². The third kappa shape index (κ3) is 6.18. The maximum absolute atomic E-state index is 13.3. The normalized spacial score (nSPS) is 18.1. The lowest BCUT2D eigenvalue weighted by atomic mass is 9.97. The number of pyridine rings is 1. The minimum Gasteiger partial charge on any atom is -0.357 e. The zero-order valence-electron chi connectivity index (χ0n) is 21.6. The van der Waals surface area contributed by atoms with Crippen molar-refractivity contribution in [2.45, 2.75) is 85.6 Å². The van der Waals surface area contributed by atoms with Gasteiger partial charge in [-0.1, -0.05) is 69.9 Å². The molecule has 190 valence electrons. The van der Waals surface area contributed by atoms with Gasteiger partial charge in [0.1, 0.15) is 21.8 Å². The number of piperidine rings is 1. The van der Waals surface area contributed by atoms with Crippen LogP contribution in [0.4, 0.5) is 5.82 Å². The molecule has 8 heteroatoms. The number of unbranched alkanes of at least 4 members (excludes halogenated alkanes) is 5. The molecule has 3 rings (SSSR count). The number of nitrogens with zero attached hydrogens (tertiary/aromatic N) is 4. The number of carbonyl (C=O) groups excluding carboxylic acids is 1. The van der Waals surface area contributed by atoms with Crippen LogP contribution in [0, 0.1) is 24.2 Å². The zero-order chi connectivity index (χ0) is 25.5. The molecule has 2 saturated heterocycles. The van der Waals surface area contributed by atoms with Crippen LogP contribution in [-0.4, -0.2) is 39.3 Å². The number of anilines is 1. The van der Waals surface area contributed by atoms with E-state index >= 15 is 0 Å². The maximum Gasteiger partial charge on any atom is 0.270 e. The average molecular weight is 515 g/mol. The van der Waals surface area contributed by atoms with Gasteiger partial charge in [-0.05, 0) is 50.7 Å². The highest BCUT2D eigenvalue weighted by atomic mass is 32.2. The van der Waals surface area contributed by atoms with E-state index in [1.165, 1.54) is 37.4 Å². The number of hydrogen-bond donors (Lipinski definition) is 0. The van der Waals surface area contributed by atoms with Gasteiger partial charge in [0.2, 0.25) is 0 Å². The third-order valence-electron chi connectivity index (χ3n) is 7.13. The van der Waals surface area contributed by atoms with E-state index < -0.39 is 0 Å². The van der Waals surface area contributed by atoms with Gasteiger partial charge in [0, 0.05) is 31.7 Å². The molecule has 1 aromatic rings. The van der Waals surface area contributed by atoms with E-state index in [1.807, 2.05) is 19.9 Å². The second-order valence-electron chi connectivity index (χ2n) is 9.67. The van der Waals surface area contributed by atoms with Gasteiger partial charge in [-0.25, -0.2) is 0 Å². The summed E-state index contributed by atoms with van der Waals surface area (Å²) in [6.45, 7) is 11.0. The van der Waals surface area contributed by atoms with Crippen LogP contribution in [0.25, 0.3) is 6.08 Å². The van der Waals surface area contributed by atoms with Crippen molar-refractivity contribution in [3.05, 3.63) is 31.9 Å². The number of nitriles is 1. The Hall–Kier alpha value is -2.11. The summed E-state index contributed by atoms with van der Waals surface area (Å²) in [4.78, 5) is 31.0. The Labute approximate surface area is 219 Å². The van der Waals surface area contributed by atoms with E-state index in [1.54, 1.807) is 9.47 Å². The fourth-order valence-corrected chi connectivity index (χ4v) is 6.16. The van der Waals surface area contributed by atoms with E-state index in [2.05, 4.69) is 24.8 Å². The Balaban J connectivity index is 1.94. The molecule has 0 saturated carbocycles. The van der Waals surface area contributed by atoms with Crippen molar-refractivity contribution in [2.75, 3.05) is 24.5 Å². The first-order valence-electron chi connectivity index (χ1n) is 13.0. The lowest BCUT2D eigenvalue weighted by molar-refractivity contribution is -0.122. The molecule has 2 fully saturated rings. The van der Waals surface area contributed by atoms with Gasteiger partial charge < -0.3 is 4.90 Å². The highest BCUT2D eigenvalue weighted by Crippen LogP contribution is 2.36.